The van der Waals surface area contributed by atoms with Crippen molar-refractivity contribution in [1.82, 2.24) is 4.90 Å². The number of hydrogen-bond acceptors (Lipinski definition) is 7. The number of ether oxygens (including phenoxy) is 3. The van der Waals surface area contributed by atoms with E-state index in [4.69, 9.17) is 18.6 Å². The second-order valence-electron chi connectivity index (χ2n) is 7.99. The Morgan fingerprint density at radius 1 is 1.23 bits per heavy atom. The number of hydrogen-bond donors (Lipinski definition) is 0. The number of nitrogens with zero attached hydrogens (tertiary/aromatic N) is 1. The van der Waals surface area contributed by atoms with E-state index in [1.807, 2.05) is 19.9 Å². The molecule has 1 atom stereocenters. The van der Waals surface area contributed by atoms with Crippen LogP contribution in [0.2, 0.25) is 0 Å². The fourth-order valence-corrected chi connectivity index (χ4v) is 4.15. The Balaban J connectivity index is 1.52. The average Bonchev–Trinajstić information content (AvgIpc) is 3.06. The molecule has 3 heterocycles. The number of piperidine rings is 1. The van der Waals surface area contributed by atoms with E-state index >= 15 is 0 Å². The van der Waals surface area contributed by atoms with Crippen LogP contribution in [0.1, 0.15) is 37.8 Å². The van der Waals surface area contributed by atoms with Crippen molar-refractivity contribution < 1.29 is 28.2 Å². The van der Waals surface area contributed by atoms with Crippen molar-refractivity contribution in [1.29, 1.82) is 0 Å². The monoisotopic (exact) mass is 415 g/mol. The number of carbonyl (C=O) groups is 2. The molecule has 8 heteroatoms. The number of benzene rings is 1. The molecule has 1 unspecified atom stereocenters. The largest absolute Gasteiger partial charge is 0.509 e. The van der Waals surface area contributed by atoms with Gasteiger partial charge in [0.15, 0.2) is 11.7 Å². The van der Waals surface area contributed by atoms with E-state index in [2.05, 4.69) is 0 Å². The van der Waals surface area contributed by atoms with Crippen molar-refractivity contribution in [3.63, 3.8) is 0 Å². The van der Waals surface area contributed by atoms with Gasteiger partial charge in [0.1, 0.15) is 17.9 Å². The summed E-state index contributed by atoms with van der Waals surface area (Å²) in [6.07, 6.45) is 0.351. The molecule has 2 fully saturated rings. The SMILES string of the molecule is CCc1cc(=O)oc2cc(C)cc(OC(C)C(=O)N3CCC4(CC3)COC(=O)O4)c12. The molecule has 2 aliphatic rings. The van der Waals surface area contributed by atoms with Crippen molar-refractivity contribution in [2.24, 2.45) is 0 Å². The van der Waals surface area contributed by atoms with Crippen molar-refractivity contribution in [3.05, 3.63) is 39.7 Å². The van der Waals surface area contributed by atoms with E-state index in [0.29, 0.717) is 43.7 Å². The number of carbonyl (C=O) groups excluding carboxylic acids is 2. The Morgan fingerprint density at radius 2 is 1.97 bits per heavy atom. The van der Waals surface area contributed by atoms with Crippen LogP contribution in [0.15, 0.2) is 27.4 Å². The Labute approximate surface area is 173 Å². The van der Waals surface area contributed by atoms with Gasteiger partial charge in [-0.3, -0.25) is 4.79 Å². The van der Waals surface area contributed by atoms with Crippen molar-refractivity contribution in [2.75, 3.05) is 19.7 Å². The van der Waals surface area contributed by atoms with Gasteiger partial charge in [-0.05, 0) is 43.5 Å². The zero-order valence-electron chi connectivity index (χ0n) is 17.4. The highest BCUT2D eigenvalue weighted by atomic mass is 16.8. The molecule has 2 saturated heterocycles. The molecular weight excluding hydrogens is 390 g/mol. The lowest BCUT2D eigenvalue weighted by molar-refractivity contribution is -0.141. The zero-order valence-corrected chi connectivity index (χ0v) is 17.4. The van der Waals surface area contributed by atoms with Crippen molar-refractivity contribution >= 4 is 23.0 Å². The highest BCUT2D eigenvalue weighted by Crippen LogP contribution is 2.33. The van der Waals surface area contributed by atoms with Gasteiger partial charge in [0, 0.05) is 32.0 Å². The van der Waals surface area contributed by atoms with Crippen molar-refractivity contribution in [2.45, 2.75) is 51.7 Å². The second kappa shape index (κ2) is 7.66. The van der Waals surface area contributed by atoms with Crippen LogP contribution in [-0.2, 0) is 20.7 Å². The Bertz CT molecular complexity index is 1050. The van der Waals surface area contributed by atoms with Crippen LogP contribution in [0.3, 0.4) is 0 Å². The first-order valence-corrected chi connectivity index (χ1v) is 10.2. The van der Waals surface area contributed by atoms with Gasteiger partial charge in [-0.25, -0.2) is 9.59 Å². The molecule has 0 N–H and O–H groups in total. The first-order valence-electron chi connectivity index (χ1n) is 10.2. The third-order valence-corrected chi connectivity index (χ3v) is 5.81. The summed E-state index contributed by atoms with van der Waals surface area (Å²) in [5, 5.41) is 0.718. The first kappa shape index (κ1) is 20.3. The maximum absolute atomic E-state index is 13.0. The first-order chi connectivity index (χ1) is 14.3. The summed E-state index contributed by atoms with van der Waals surface area (Å²) in [5.74, 6) is 0.387. The van der Waals surface area contributed by atoms with Gasteiger partial charge in [-0.1, -0.05) is 6.92 Å². The summed E-state index contributed by atoms with van der Waals surface area (Å²) < 4.78 is 21.7. The lowest BCUT2D eigenvalue weighted by atomic mass is 9.92. The standard InChI is InChI=1S/C22H25NO7/c1-4-15-11-18(24)29-17-10-13(2)9-16(19(15)17)28-14(3)20(25)23-7-5-22(6-8-23)12-27-21(26)30-22/h9-11,14H,4-8,12H2,1-3H3. The number of rotatable bonds is 4. The van der Waals surface area contributed by atoms with E-state index in [1.165, 1.54) is 6.07 Å². The van der Waals surface area contributed by atoms with Crippen molar-refractivity contribution in [3.8, 4) is 5.75 Å². The molecule has 0 saturated carbocycles. The number of aryl methyl sites for hydroxylation is 2. The van der Waals surface area contributed by atoms with Gasteiger partial charge in [0.2, 0.25) is 0 Å². The molecule has 1 amide bonds. The van der Waals surface area contributed by atoms with Gasteiger partial charge >= 0.3 is 11.8 Å². The maximum atomic E-state index is 13.0. The minimum Gasteiger partial charge on any atom is -0.480 e. The number of fused-ring (bicyclic) bond motifs is 1. The molecule has 2 aromatic rings. The van der Waals surface area contributed by atoms with Crippen LogP contribution in [0.25, 0.3) is 11.0 Å². The minimum absolute atomic E-state index is 0.139. The molecule has 1 aromatic carbocycles. The lowest BCUT2D eigenvalue weighted by Gasteiger charge is -2.37. The number of cyclic esters (lactones) is 1. The molecule has 1 aromatic heterocycles. The highest BCUT2D eigenvalue weighted by Gasteiger charge is 2.45. The van der Waals surface area contributed by atoms with Crippen LogP contribution < -0.4 is 10.4 Å². The summed E-state index contributed by atoms with van der Waals surface area (Å²) in [6, 6.07) is 5.11. The molecule has 0 aliphatic carbocycles. The molecular formula is C22H25NO7. The quantitative estimate of drug-likeness (QED) is 0.560. The molecule has 4 rings (SSSR count). The summed E-state index contributed by atoms with van der Waals surface area (Å²) >= 11 is 0. The normalized spacial score (nSPS) is 18.9. The molecule has 8 nitrogen and oxygen atoms in total. The molecule has 160 valence electrons. The minimum atomic E-state index is -0.719. The molecule has 1 spiro atoms. The molecule has 2 aliphatic heterocycles. The van der Waals surface area contributed by atoms with E-state index in [-0.39, 0.29) is 12.5 Å². The van der Waals surface area contributed by atoms with Gasteiger partial charge in [0.05, 0.1) is 5.39 Å². The van der Waals surface area contributed by atoms with Crippen LogP contribution in [0.5, 0.6) is 5.75 Å². The topological polar surface area (TPSA) is 95.3 Å². The third kappa shape index (κ3) is 3.74. The van der Waals surface area contributed by atoms with Crippen LogP contribution in [-0.4, -0.2) is 48.4 Å². The maximum Gasteiger partial charge on any atom is 0.509 e. The predicted octanol–water partition coefficient (Wildman–Crippen LogP) is 2.96. The van der Waals surface area contributed by atoms with Crippen LogP contribution in [0, 0.1) is 6.92 Å². The van der Waals surface area contributed by atoms with Crippen LogP contribution >= 0.6 is 0 Å². The summed E-state index contributed by atoms with van der Waals surface area (Å²) in [5.41, 5.74) is 1.13. The van der Waals surface area contributed by atoms with Gasteiger partial charge in [-0.2, -0.15) is 0 Å². The molecule has 30 heavy (non-hydrogen) atoms. The van der Waals surface area contributed by atoms with Gasteiger partial charge in [0.25, 0.3) is 5.91 Å². The highest BCUT2D eigenvalue weighted by molar-refractivity contribution is 5.88. The van der Waals surface area contributed by atoms with Gasteiger partial charge in [-0.15, -0.1) is 0 Å². The molecule has 0 radical (unpaired) electrons. The fourth-order valence-electron chi connectivity index (χ4n) is 4.15. The summed E-state index contributed by atoms with van der Waals surface area (Å²) in [4.78, 5) is 37.8. The average molecular weight is 415 g/mol. The Morgan fingerprint density at radius 3 is 2.60 bits per heavy atom. The van der Waals surface area contributed by atoms with E-state index < -0.39 is 23.5 Å². The predicted molar refractivity (Wildman–Crippen MR) is 108 cm³/mol. The number of amides is 1. The van der Waals surface area contributed by atoms with E-state index in [0.717, 1.165) is 16.5 Å². The third-order valence-electron chi connectivity index (χ3n) is 5.81. The van der Waals surface area contributed by atoms with E-state index in [1.54, 1.807) is 17.9 Å². The Kier molecular flexibility index (Phi) is 5.17. The summed E-state index contributed by atoms with van der Waals surface area (Å²) in [6.45, 7) is 6.71. The number of likely N-dealkylation sites (tertiary alicyclic amines) is 1. The van der Waals surface area contributed by atoms with Crippen LogP contribution in [0.4, 0.5) is 4.79 Å². The summed E-state index contributed by atoms with van der Waals surface area (Å²) in [7, 11) is 0. The van der Waals surface area contributed by atoms with E-state index in [9.17, 15) is 14.4 Å². The Hall–Kier alpha value is -3.03. The van der Waals surface area contributed by atoms with Gasteiger partial charge < -0.3 is 23.5 Å². The lowest BCUT2D eigenvalue weighted by Crippen LogP contribution is -2.51. The zero-order chi connectivity index (χ0) is 21.5. The second-order valence-corrected chi connectivity index (χ2v) is 7.99. The molecule has 0 bridgehead atoms. The fraction of sp³-hybridized carbons (Fsp3) is 0.500. The smallest absolute Gasteiger partial charge is 0.480 e.